The van der Waals surface area contributed by atoms with Crippen LogP contribution >= 0.6 is 0 Å². The van der Waals surface area contributed by atoms with Crippen LogP contribution in [0, 0.1) is 0 Å². The van der Waals surface area contributed by atoms with Gasteiger partial charge in [-0.1, -0.05) is 12.8 Å². The van der Waals surface area contributed by atoms with Gasteiger partial charge in [0.2, 0.25) is 0 Å². The summed E-state index contributed by atoms with van der Waals surface area (Å²) in [5.41, 5.74) is 0. The number of methoxy groups -OCH3 is 2. The van der Waals surface area contributed by atoms with Crippen LogP contribution in [0.2, 0.25) is 0 Å². The van der Waals surface area contributed by atoms with Gasteiger partial charge in [-0.15, -0.1) is 0 Å². The van der Waals surface area contributed by atoms with Gasteiger partial charge in [0.1, 0.15) is 0 Å². The number of hydrogen-bond acceptors (Lipinski definition) is 3. The van der Waals surface area contributed by atoms with Gasteiger partial charge in [-0.3, -0.25) is 4.21 Å². The molecular formula is C9H18O3S. The maximum Gasteiger partial charge on any atom is 0.168 e. The highest BCUT2D eigenvalue weighted by atomic mass is 32.2. The van der Waals surface area contributed by atoms with Crippen LogP contribution in [0.4, 0.5) is 0 Å². The molecular weight excluding hydrogens is 188 g/mol. The van der Waals surface area contributed by atoms with Crippen molar-refractivity contribution in [2.75, 3.05) is 20.0 Å². The number of ether oxygens (including phenoxy) is 2. The first-order valence-electron chi connectivity index (χ1n) is 4.70. The van der Waals surface area contributed by atoms with Crippen LogP contribution in [0.1, 0.15) is 25.7 Å². The van der Waals surface area contributed by atoms with Crippen molar-refractivity contribution in [3.05, 3.63) is 0 Å². The molecule has 1 aliphatic carbocycles. The van der Waals surface area contributed by atoms with Crippen LogP contribution in [0.15, 0.2) is 0 Å². The van der Waals surface area contributed by atoms with Gasteiger partial charge in [0.15, 0.2) is 6.29 Å². The predicted octanol–water partition coefficient (Wildman–Crippen LogP) is 1.30. The first-order valence-corrected chi connectivity index (χ1v) is 6.09. The minimum atomic E-state index is -0.775. The zero-order chi connectivity index (χ0) is 9.68. The lowest BCUT2D eigenvalue weighted by Crippen LogP contribution is -2.26. The molecule has 4 heteroatoms. The van der Waals surface area contributed by atoms with E-state index in [0.29, 0.717) is 11.0 Å². The van der Waals surface area contributed by atoms with Gasteiger partial charge in [0, 0.05) is 30.3 Å². The maximum atomic E-state index is 11.7. The molecule has 0 aromatic rings. The zero-order valence-corrected chi connectivity index (χ0v) is 9.14. The first kappa shape index (κ1) is 11.1. The fourth-order valence-electron chi connectivity index (χ4n) is 1.65. The molecule has 0 radical (unpaired) electrons. The molecule has 0 saturated heterocycles. The van der Waals surface area contributed by atoms with Crippen molar-refractivity contribution in [2.24, 2.45) is 0 Å². The van der Waals surface area contributed by atoms with E-state index in [1.807, 2.05) is 0 Å². The van der Waals surface area contributed by atoms with E-state index in [0.717, 1.165) is 12.8 Å². The van der Waals surface area contributed by atoms with E-state index in [9.17, 15) is 4.21 Å². The quantitative estimate of drug-likeness (QED) is 0.636. The highest BCUT2D eigenvalue weighted by Crippen LogP contribution is 2.23. The third kappa shape index (κ3) is 3.37. The third-order valence-corrected chi connectivity index (χ3v) is 4.32. The second-order valence-corrected chi connectivity index (χ2v) is 5.12. The van der Waals surface area contributed by atoms with Crippen molar-refractivity contribution in [2.45, 2.75) is 37.2 Å². The minimum absolute atomic E-state index is 0.304. The summed E-state index contributed by atoms with van der Waals surface area (Å²) in [6.07, 6.45) is 4.35. The van der Waals surface area contributed by atoms with Crippen molar-refractivity contribution in [3.8, 4) is 0 Å². The molecule has 1 aliphatic rings. The molecule has 13 heavy (non-hydrogen) atoms. The molecule has 0 aromatic heterocycles. The second kappa shape index (κ2) is 5.73. The summed E-state index contributed by atoms with van der Waals surface area (Å²) >= 11 is 0. The summed E-state index contributed by atoms with van der Waals surface area (Å²) in [6, 6.07) is 0. The Kier molecular flexibility index (Phi) is 4.91. The van der Waals surface area contributed by atoms with Crippen LogP contribution in [-0.2, 0) is 20.3 Å². The first-order chi connectivity index (χ1) is 6.27. The summed E-state index contributed by atoms with van der Waals surface area (Å²) in [7, 11) is 2.39. The topological polar surface area (TPSA) is 35.5 Å². The van der Waals surface area contributed by atoms with E-state index in [4.69, 9.17) is 9.47 Å². The standard InChI is InChI=1S/C9H18O3S/c1-11-9(12-2)7-13(10)8-5-3-4-6-8/h8-9H,3-7H2,1-2H3. The lowest BCUT2D eigenvalue weighted by atomic mass is 10.4. The fourth-order valence-corrected chi connectivity index (χ4v) is 3.33. The molecule has 0 N–H and O–H groups in total. The van der Waals surface area contributed by atoms with Gasteiger partial charge in [0.25, 0.3) is 0 Å². The molecule has 0 heterocycles. The van der Waals surface area contributed by atoms with E-state index < -0.39 is 10.8 Å². The van der Waals surface area contributed by atoms with Crippen LogP contribution in [0.3, 0.4) is 0 Å². The molecule has 0 aromatic carbocycles. The average Bonchev–Trinajstić information content (AvgIpc) is 2.66. The smallest absolute Gasteiger partial charge is 0.168 e. The number of hydrogen-bond donors (Lipinski definition) is 0. The molecule has 1 unspecified atom stereocenters. The Morgan fingerprint density at radius 2 is 1.85 bits per heavy atom. The van der Waals surface area contributed by atoms with Gasteiger partial charge in [-0.25, -0.2) is 0 Å². The third-order valence-electron chi connectivity index (χ3n) is 2.50. The molecule has 1 fully saturated rings. The summed E-state index contributed by atoms with van der Waals surface area (Å²) in [4.78, 5) is 0. The molecule has 1 atom stereocenters. The van der Waals surface area contributed by atoms with Gasteiger partial charge in [-0.05, 0) is 12.8 Å². The Morgan fingerprint density at radius 1 is 1.31 bits per heavy atom. The Morgan fingerprint density at radius 3 is 2.31 bits per heavy atom. The molecule has 0 aliphatic heterocycles. The van der Waals surface area contributed by atoms with Crippen LogP contribution in [0.5, 0.6) is 0 Å². The van der Waals surface area contributed by atoms with E-state index in [-0.39, 0.29) is 6.29 Å². The summed E-state index contributed by atoms with van der Waals surface area (Å²) in [6.45, 7) is 0. The monoisotopic (exact) mass is 206 g/mol. The SMILES string of the molecule is COC(CS(=O)C1CCCC1)OC. The highest BCUT2D eigenvalue weighted by molar-refractivity contribution is 7.85. The largest absolute Gasteiger partial charge is 0.355 e. The summed E-state index contributed by atoms with van der Waals surface area (Å²) < 4.78 is 21.8. The van der Waals surface area contributed by atoms with Crippen LogP contribution in [0.25, 0.3) is 0 Å². The zero-order valence-electron chi connectivity index (χ0n) is 8.32. The predicted molar refractivity (Wildman–Crippen MR) is 53.1 cm³/mol. The van der Waals surface area contributed by atoms with E-state index in [1.54, 1.807) is 14.2 Å². The van der Waals surface area contributed by atoms with Gasteiger partial charge in [-0.2, -0.15) is 0 Å². The molecule has 0 bridgehead atoms. The minimum Gasteiger partial charge on any atom is -0.355 e. The Labute approximate surface area is 82.3 Å². The van der Waals surface area contributed by atoms with Crippen molar-refractivity contribution >= 4 is 10.8 Å². The maximum absolute atomic E-state index is 11.7. The van der Waals surface area contributed by atoms with Gasteiger partial charge < -0.3 is 9.47 Å². The van der Waals surface area contributed by atoms with Crippen molar-refractivity contribution in [1.82, 2.24) is 0 Å². The molecule has 1 rings (SSSR count). The van der Waals surface area contributed by atoms with Crippen molar-refractivity contribution in [3.63, 3.8) is 0 Å². The fraction of sp³-hybridized carbons (Fsp3) is 1.00. The van der Waals surface area contributed by atoms with Crippen molar-refractivity contribution in [1.29, 1.82) is 0 Å². The lowest BCUT2D eigenvalue weighted by Gasteiger charge is -2.15. The van der Waals surface area contributed by atoms with Crippen LogP contribution in [-0.4, -0.2) is 35.7 Å². The van der Waals surface area contributed by atoms with E-state index in [1.165, 1.54) is 12.8 Å². The lowest BCUT2D eigenvalue weighted by molar-refractivity contribution is -0.0848. The number of rotatable bonds is 5. The van der Waals surface area contributed by atoms with E-state index >= 15 is 0 Å². The normalized spacial score (nSPS) is 21.2. The summed E-state index contributed by atoms with van der Waals surface area (Å²) in [5, 5.41) is 0.382. The molecule has 3 nitrogen and oxygen atoms in total. The highest BCUT2D eigenvalue weighted by Gasteiger charge is 2.23. The Bertz CT molecular complexity index is 162. The molecule has 0 spiro atoms. The van der Waals surface area contributed by atoms with Crippen molar-refractivity contribution < 1.29 is 13.7 Å². The summed E-state index contributed by atoms with van der Waals surface area (Å²) in [5.74, 6) is 0.512. The Hall–Kier alpha value is 0.0700. The van der Waals surface area contributed by atoms with Gasteiger partial charge >= 0.3 is 0 Å². The molecule has 0 amide bonds. The van der Waals surface area contributed by atoms with Gasteiger partial charge in [0.05, 0.1) is 5.75 Å². The Balaban J connectivity index is 2.30. The van der Waals surface area contributed by atoms with Crippen LogP contribution < -0.4 is 0 Å². The van der Waals surface area contributed by atoms with E-state index in [2.05, 4.69) is 0 Å². The molecule has 1 saturated carbocycles. The molecule has 78 valence electrons. The second-order valence-electron chi connectivity index (χ2n) is 3.35. The average molecular weight is 206 g/mol.